The lowest BCUT2D eigenvalue weighted by Gasteiger charge is -2.21. The zero-order chi connectivity index (χ0) is 22.5. The number of urea groups is 1. The summed E-state index contributed by atoms with van der Waals surface area (Å²) in [4.78, 5) is 19.8. The number of rotatable bonds is 7. The van der Waals surface area contributed by atoms with Crippen molar-refractivity contribution in [3.8, 4) is 0 Å². The van der Waals surface area contributed by atoms with Gasteiger partial charge in [-0.3, -0.25) is 10.9 Å². The molecule has 2 amide bonds. The Kier molecular flexibility index (Phi) is 7.71. The standard InChI is InChI=1S/C17H18Cl2F3N7O/c1-3-4-24-15-14(8(2)23)10(17(20,21)22)7-13(27-15)28-29-16(30)25-9-5-11(18)26-12(19)6-9/h3,5-8H,1,4,23H2,2H3,(H2,24,27,28)(H2,25,26,29,30). The van der Waals surface area contributed by atoms with Crippen molar-refractivity contribution in [1.29, 1.82) is 0 Å². The fourth-order valence-electron chi connectivity index (χ4n) is 2.44. The van der Waals surface area contributed by atoms with Gasteiger partial charge in [-0.25, -0.2) is 14.8 Å². The monoisotopic (exact) mass is 463 g/mol. The van der Waals surface area contributed by atoms with Gasteiger partial charge in [-0.2, -0.15) is 13.2 Å². The first-order valence-corrected chi connectivity index (χ1v) is 9.15. The van der Waals surface area contributed by atoms with Gasteiger partial charge in [0.05, 0.1) is 5.56 Å². The Balaban J connectivity index is 2.25. The lowest BCUT2D eigenvalue weighted by atomic mass is 10.0. The van der Waals surface area contributed by atoms with Crippen LogP contribution in [0.1, 0.15) is 24.1 Å². The summed E-state index contributed by atoms with van der Waals surface area (Å²) in [5, 5.41) is 5.22. The van der Waals surface area contributed by atoms with E-state index in [1.54, 1.807) is 0 Å². The predicted molar refractivity (Wildman–Crippen MR) is 111 cm³/mol. The molecule has 0 spiro atoms. The van der Waals surface area contributed by atoms with Crippen LogP contribution in [-0.4, -0.2) is 22.5 Å². The van der Waals surface area contributed by atoms with Crippen molar-refractivity contribution in [3.05, 3.63) is 52.3 Å². The topological polar surface area (TPSA) is 117 Å². The van der Waals surface area contributed by atoms with Gasteiger partial charge in [-0.15, -0.1) is 6.58 Å². The fourth-order valence-corrected chi connectivity index (χ4v) is 2.90. The molecule has 8 nitrogen and oxygen atoms in total. The summed E-state index contributed by atoms with van der Waals surface area (Å²) >= 11 is 11.5. The molecule has 2 heterocycles. The highest BCUT2D eigenvalue weighted by molar-refractivity contribution is 6.32. The van der Waals surface area contributed by atoms with Crippen LogP contribution in [0, 0.1) is 0 Å². The Bertz CT molecular complexity index is 918. The summed E-state index contributed by atoms with van der Waals surface area (Å²) in [6.07, 6.45) is -3.24. The molecular formula is C17H18Cl2F3N7O. The highest BCUT2D eigenvalue weighted by Gasteiger charge is 2.36. The number of pyridine rings is 2. The molecule has 0 saturated heterocycles. The molecule has 0 aliphatic rings. The number of anilines is 3. The summed E-state index contributed by atoms with van der Waals surface area (Å²) in [6.45, 7) is 5.08. The summed E-state index contributed by atoms with van der Waals surface area (Å²) < 4.78 is 40.7. The number of amides is 2. The summed E-state index contributed by atoms with van der Waals surface area (Å²) in [5.41, 5.74) is 9.27. The minimum Gasteiger partial charge on any atom is -0.366 e. The maximum Gasteiger partial charge on any atom is 0.417 e. The predicted octanol–water partition coefficient (Wildman–Crippen LogP) is 4.57. The molecule has 0 saturated carbocycles. The number of carbonyl (C=O) groups excluding carboxylic acids is 1. The van der Waals surface area contributed by atoms with Crippen molar-refractivity contribution in [2.45, 2.75) is 19.1 Å². The third-order valence-electron chi connectivity index (χ3n) is 3.56. The van der Waals surface area contributed by atoms with E-state index in [4.69, 9.17) is 28.9 Å². The number of nitrogens with one attached hydrogen (secondary N) is 4. The average Bonchev–Trinajstić information content (AvgIpc) is 2.62. The number of halogens is 5. The van der Waals surface area contributed by atoms with Crippen molar-refractivity contribution in [1.82, 2.24) is 15.4 Å². The normalized spacial score (nSPS) is 12.1. The summed E-state index contributed by atoms with van der Waals surface area (Å²) in [6, 6.07) is 1.66. The molecule has 6 N–H and O–H groups in total. The van der Waals surface area contributed by atoms with Crippen molar-refractivity contribution >= 4 is 46.6 Å². The lowest BCUT2D eigenvalue weighted by Crippen LogP contribution is -2.34. The number of nitrogens with zero attached hydrogens (tertiary/aromatic N) is 2. The second-order valence-electron chi connectivity index (χ2n) is 5.98. The first-order valence-electron chi connectivity index (χ1n) is 8.39. The average molecular weight is 464 g/mol. The molecule has 1 unspecified atom stereocenters. The molecule has 0 fully saturated rings. The third-order valence-corrected chi connectivity index (χ3v) is 3.95. The Morgan fingerprint density at radius 2 is 1.90 bits per heavy atom. The number of carbonyl (C=O) groups is 1. The van der Waals surface area contributed by atoms with E-state index in [0.29, 0.717) is 0 Å². The van der Waals surface area contributed by atoms with E-state index in [9.17, 15) is 18.0 Å². The zero-order valence-corrected chi connectivity index (χ0v) is 17.1. The Labute approximate surface area is 180 Å². The van der Waals surface area contributed by atoms with Gasteiger partial charge in [0.1, 0.15) is 21.9 Å². The van der Waals surface area contributed by atoms with Crippen LogP contribution in [0.25, 0.3) is 0 Å². The minimum absolute atomic E-state index is 0.0478. The van der Waals surface area contributed by atoms with Crippen LogP contribution >= 0.6 is 23.2 Å². The second kappa shape index (κ2) is 9.83. The molecule has 162 valence electrons. The van der Waals surface area contributed by atoms with Gasteiger partial charge >= 0.3 is 12.2 Å². The first-order chi connectivity index (χ1) is 14.0. The van der Waals surface area contributed by atoms with Gasteiger partial charge in [0, 0.05) is 23.8 Å². The van der Waals surface area contributed by atoms with E-state index < -0.39 is 23.8 Å². The van der Waals surface area contributed by atoms with E-state index in [2.05, 4.69) is 38.0 Å². The van der Waals surface area contributed by atoms with Crippen molar-refractivity contribution in [3.63, 3.8) is 0 Å². The Morgan fingerprint density at radius 1 is 1.27 bits per heavy atom. The van der Waals surface area contributed by atoms with Crippen LogP contribution in [0.4, 0.5) is 35.3 Å². The SMILES string of the molecule is C=CCNc1nc(NNC(=O)Nc2cc(Cl)nc(Cl)c2)cc(C(F)(F)F)c1C(C)N. The van der Waals surface area contributed by atoms with Crippen LogP contribution in [0.15, 0.2) is 30.9 Å². The molecule has 2 aromatic heterocycles. The van der Waals surface area contributed by atoms with Crippen LogP contribution in [0.3, 0.4) is 0 Å². The first kappa shape index (κ1) is 23.5. The largest absolute Gasteiger partial charge is 0.417 e. The van der Waals surface area contributed by atoms with Crippen LogP contribution in [0.5, 0.6) is 0 Å². The summed E-state index contributed by atoms with van der Waals surface area (Å²) in [7, 11) is 0. The molecule has 0 aliphatic carbocycles. The number of aromatic nitrogens is 2. The number of alkyl halides is 3. The van der Waals surface area contributed by atoms with Gasteiger partial charge in [-0.1, -0.05) is 29.3 Å². The Morgan fingerprint density at radius 3 is 2.43 bits per heavy atom. The maximum absolute atomic E-state index is 13.6. The number of hydrogen-bond acceptors (Lipinski definition) is 6. The van der Waals surface area contributed by atoms with Crippen LogP contribution in [0.2, 0.25) is 10.3 Å². The molecule has 13 heteroatoms. The molecule has 2 aromatic rings. The Hall–Kier alpha value is -2.76. The maximum atomic E-state index is 13.6. The van der Waals surface area contributed by atoms with E-state index in [1.807, 2.05) is 0 Å². The van der Waals surface area contributed by atoms with Gasteiger partial charge in [0.15, 0.2) is 0 Å². The molecule has 2 rings (SSSR count). The molecule has 0 aliphatic heterocycles. The van der Waals surface area contributed by atoms with E-state index >= 15 is 0 Å². The van der Waals surface area contributed by atoms with Gasteiger partial charge < -0.3 is 16.4 Å². The number of nitrogens with two attached hydrogens (primary N) is 1. The lowest BCUT2D eigenvalue weighted by molar-refractivity contribution is -0.138. The van der Waals surface area contributed by atoms with Crippen LogP contribution < -0.4 is 27.2 Å². The minimum atomic E-state index is -4.69. The highest BCUT2D eigenvalue weighted by Crippen LogP contribution is 2.38. The number of hydrogen-bond donors (Lipinski definition) is 5. The second-order valence-corrected chi connectivity index (χ2v) is 6.75. The van der Waals surface area contributed by atoms with E-state index in [-0.39, 0.29) is 39.7 Å². The third kappa shape index (κ3) is 6.37. The molecule has 1 atom stereocenters. The van der Waals surface area contributed by atoms with Gasteiger partial charge in [0.25, 0.3) is 0 Å². The summed E-state index contributed by atoms with van der Waals surface area (Å²) in [5.74, 6) is -0.351. The molecule has 0 bridgehead atoms. The van der Waals surface area contributed by atoms with Crippen molar-refractivity contribution < 1.29 is 18.0 Å². The molecule has 0 aromatic carbocycles. The fraction of sp³-hybridized carbons (Fsp3) is 0.235. The molecule has 0 radical (unpaired) electrons. The van der Waals surface area contributed by atoms with E-state index in [0.717, 1.165) is 6.07 Å². The van der Waals surface area contributed by atoms with Gasteiger partial charge in [0.2, 0.25) is 0 Å². The highest BCUT2D eigenvalue weighted by atomic mass is 35.5. The molecule has 30 heavy (non-hydrogen) atoms. The van der Waals surface area contributed by atoms with Crippen LogP contribution in [-0.2, 0) is 6.18 Å². The quantitative estimate of drug-likeness (QED) is 0.233. The number of hydrazine groups is 1. The molecular weight excluding hydrogens is 446 g/mol. The van der Waals surface area contributed by atoms with Gasteiger partial charge in [-0.05, 0) is 25.1 Å². The van der Waals surface area contributed by atoms with E-state index in [1.165, 1.54) is 25.1 Å². The zero-order valence-electron chi connectivity index (χ0n) is 15.6. The van der Waals surface area contributed by atoms with Crippen molar-refractivity contribution in [2.24, 2.45) is 5.73 Å². The smallest absolute Gasteiger partial charge is 0.366 e. The van der Waals surface area contributed by atoms with Crippen molar-refractivity contribution in [2.75, 3.05) is 22.6 Å².